The van der Waals surface area contributed by atoms with Gasteiger partial charge in [0.25, 0.3) is 0 Å². The highest BCUT2D eigenvalue weighted by atomic mass is 35.5. The third-order valence-corrected chi connectivity index (χ3v) is 5.38. The fourth-order valence-electron chi connectivity index (χ4n) is 3.49. The van der Waals surface area contributed by atoms with Crippen LogP contribution in [0.3, 0.4) is 0 Å². The lowest BCUT2D eigenvalue weighted by atomic mass is 9.73. The minimum atomic E-state index is -0.607. The summed E-state index contributed by atoms with van der Waals surface area (Å²) in [5.41, 5.74) is 2.20. The molecule has 28 heavy (non-hydrogen) atoms. The molecule has 1 heterocycles. The fraction of sp³-hybridized carbons (Fsp3) is 0.409. The van der Waals surface area contributed by atoms with Gasteiger partial charge in [-0.15, -0.1) is 0 Å². The van der Waals surface area contributed by atoms with E-state index in [1.54, 1.807) is 25.3 Å². The summed E-state index contributed by atoms with van der Waals surface area (Å²) in [7, 11) is 1.62. The second kappa shape index (κ2) is 9.41. The molecule has 1 fully saturated rings. The molecule has 1 saturated heterocycles. The molecular formula is C22H26ClNO4. The summed E-state index contributed by atoms with van der Waals surface area (Å²) in [5.74, 6) is 0.529. The van der Waals surface area contributed by atoms with E-state index in [2.05, 4.69) is 11.4 Å². The van der Waals surface area contributed by atoms with Gasteiger partial charge in [-0.2, -0.15) is 0 Å². The van der Waals surface area contributed by atoms with Crippen molar-refractivity contribution in [3.05, 3.63) is 58.6 Å². The summed E-state index contributed by atoms with van der Waals surface area (Å²) < 4.78 is 16.1. The zero-order chi connectivity index (χ0) is 20.0. The average molecular weight is 404 g/mol. The molecule has 2 aromatic carbocycles. The Kier molecular flexibility index (Phi) is 6.94. The number of methoxy groups -OCH3 is 1. The second-order valence-electron chi connectivity index (χ2n) is 7.00. The van der Waals surface area contributed by atoms with E-state index in [0.717, 1.165) is 11.1 Å². The highest BCUT2D eigenvalue weighted by Gasteiger charge is 2.41. The number of carbonyl (C=O) groups is 1. The predicted octanol–water partition coefficient (Wildman–Crippen LogP) is 4.36. The first-order valence-electron chi connectivity index (χ1n) is 9.43. The van der Waals surface area contributed by atoms with E-state index in [9.17, 15) is 4.79 Å². The van der Waals surface area contributed by atoms with Crippen LogP contribution in [0.4, 0.5) is 5.69 Å². The number of carbonyl (C=O) groups excluding carboxylic acids is 1. The van der Waals surface area contributed by atoms with Crippen LogP contribution in [-0.4, -0.2) is 39.4 Å². The van der Waals surface area contributed by atoms with Crippen molar-refractivity contribution < 1.29 is 19.0 Å². The quantitative estimate of drug-likeness (QED) is 0.698. The molecule has 1 aliphatic heterocycles. The summed E-state index contributed by atoms with van der Waals surface area (Å²) in [4.78, 5) is 13.4. The number of amides is 1. The normalized spacial score (nSPS) is 15.8. The maximum atomic E-state index is 13.4. The Morgan fingerprint density at radius 1 is 1.18 bits per heavy atom. The van der Waals surface area contributed by atoms with Crippen LogP contribution in [-0.2, 0) is 19.7 Å². The van der Waals surface area contributed by atoms with Gasteiger partial charge in [0.2, 0.25) is 5.91 Å². The number of aryl methyl sites for hydroxylation is 1. The van der Waals surface area contributed by atoms with Crippen molar-refractivity contribution >= 4 is 23.2 Å². The standard InChI is InChI=1S/C22H26ClNO4/c1-16-4-3-5-17(14-16)22(8-10-27-11-9-22)21(25)24-18-6-7-20(19(23)15-18)28-13-12-26-2/h3-7,14-15H,8-13H2,1-2H3,(H,24,25). The summed E-state index contributed by atoms with van der Waals surface area (Å²) in [6, 6.07) is 13.4. The molecule has 0 aliphatic carbocycles. The molecule has 6 heteroatoms. The number of rotatable bonds is 7. The van der Waals surface area contributed by atoms with Crippen molar-refractivity contribution in [2.24, 2.45) is 0 Å². The van der Waals surface area contributed by atoms with Gasteiger partial charge in [-0.3, -0.25) is 4.79 Å². The lowest BCUT2D eigenvalue weighted by Gasteiger charge is -2.36. The molecular weight excluding hydrogens is 378 g/mol. The van der Waals surface area contributed by atoms with Crippen LogP contribution < -0.4 is 10.1 Å². The van der Waals surface area contributed by atoms with Crippen LogP contribution in [0.25, 0.3) is 0 Å². The van der Waals surface area contributed by atoms with Gasteiger partial charge in [0, 0.05) is 26.0 Å². The molecule has 0 aromatic heterocycles. The van der Waals surface area contributed by atoms with E-state index in [1.165, 1.54) is 0 Å². The topological polar surface area (TPSA) is 56.8 Å². The van der Waals surface area contributed by atoms with Crippen molar-refractivity contribution in [2.45, 2.75) is 25.2 Å². The van der Waals surface area contributed by atoms with Crippen LogP contribution in [0.2, 0.25) is 5.02 Å². The van der Waals surface area contributed by atoms with Gasteiger partial charge in [0.15, 0.2) is 0 Å². The number of anilines is 1. The number of benzene rings is 2. The molecule has 0 unspecified atom stereocenters. The SMILES string of the molecule is COCCOc1ccc(NC(=O)C2(c3cccc(C)c3)CCOCC2)cc1Cl. The zero-order valence-corrected chi connectivity index (χ0v) is 17.1. The molecule has 0 atom stereocenters. The summed E-state index contributed by atoms with van der Waals surface area (Å²) in [5, 5.41) is 3.50. The van der Waals surface area contributed by atoms with Crippen molar-refractivity contribution in [3.63, 3.8) is 0 Å². The van der Waals surface area contributed by atoms with Crippen molar-refractivity contribution in [1.29, 1.82) is 0 Å². The molecule has 1 N–H and O–H groups in total. The maximum Gasteiger partial charge on any atom is 0.235 e. The Morgan fingerprint density at radius 3 is 2.64 bits per heavy atom. The third kappa shape index (κ3) is 4.66. The van der Waals surface area contributed by atoms with Crippen molar-refractivity contribution in [3.8, 4) is 5.75 Å². The molecule has 2 aromatic rings. The van der Waals surface area contributed by atoms with Gasteiger partial charge in [0.1, 0.15) is 12.4 Å². The van der Waals surface area contributed by atoms with E-state index in [1.807, 2.05) is 25.1 Å². The van der Waals surface area contributed by atoms with E-state index >= 15 is 0 Å². The monoisotopic (exact) mass is 403 g/mol. The smallest absolute Gasteiger partial charge is 0.235 e. The molecule has 0 bridgehead atoms. The number of halogens is 1. The average Bonchev–Trinajstić information content (AvgIpc) is 2.70. The molecule has 1 aliphatic rings. The minimum Gasteiger partial charge on any atom is -0.490 e. The van der Waals surface area contributed by atoms with Gasteiger partial charge in [0.05, 0.1) is 17.0 Å². The van der Waals surface area contributed by atoms with Crippen LogP contribution in [0.1, 0.15) is 24.0 Å². The van der Waals surface area contributed by atoms with Crippen LogP contribution in [0.5, 0.6) is 5.75 Å². The predicted molar refractivity (Wildman–Crippen MR) is 110 cm³/mol. The number of hydrogen-bond donors (Lipinski definition) is 1. The zero-order valence-electron chi connectivity index (χ0n) is 16.3. The maximum absolute atomic E-state index is 13.4. The lowest BCUT2D eigenvalue weighted by Crippen LogP contribution is -2.44. The first-order valence-corrected chi connectivity index (χ1v) is 9.80. The van der Waals surface area contributed by atoms with E-state index < -0.39 is 5.41 Å². The van der Waals surface area contributed by atoms with Gasteiger partial charge in [-0.05, 0) is 43.5 Å². The highest BCUT2D eigenvalue weighted by molar-refractivity contribution is 6.32. The summed E-state index contributed by atoms with van der Waals surface area (Å²) in [6.45, 7) is 4.06. The van der Waals surface area contributed by atoms with E-state index in [4.69, 9.17) is 25.8 Å². The molecule has 0 radical (unpaired) electrons. The van der Waals surface area contributed by atoms with Crippen LogP contribution in [0, 0.1) is 6.92 Å². The second-order valence-corrected chi connectivity index (χ2v) is 7.41. The van der Waals surface area contributed by atoms with Gasteiger partial charge >= 0.3 is 0 Å². The minimum absolute atomic E-state index is 0.0366. The highest BCUT2D eigenvalue weighted by Crippen LogP contribution is 2.37. The van der Waals surface area contributed by atoms with Gasteiger partial charge < -0.3 is 19.5 Å². The van der Waals surface area contributed by atoms with Gasteiger partial charge in [-0.25, -0.2) is 0 Å². The molecule has 5 nitrogen and oxygen atoms in total. The Labute approximate surface area is 170 Å². The van der Waals surface area contributed by atoms with Crippen LogP contribution >= 0.6 is 11.6 Å². The largest absolute Gasteiger partial charge is 0.490 e. The first kappa shape index (κ1) is 20.6. The van der Waals surface area contributed by atoms with E-state index in [0.29, 0.717) is 55.7 Å². The third-order valence-electron chi connectivity index (χ3n) is 5.09. The Balaban J connectivity index is 1.80. The molecule has 0 spiro atoms. The van der Waals surface area contributed by atoms with Crippen molar-refractivity contribution in [2.75, 3.05) is 38.9 Å². The van der Waals surface area contributed by atoms with E-state index in [-0.39, 0.29) is 5.91 Å². The molecule has 1 amide bonds. The Morgan fingerprint density at radius 2 is 1.96 bits per heavy atom. The lowest BCUT2D eigenvalue weighted by molar-refractivity contribution is -0.125. The van der Waals surface area contributed by atoms with Crippen LogP contribution in [0.15, 0.2) is 42.5 Å². The number of hydrogen-bond acceptors (Lipinski definition) is 4. The number of nitrogens with one attached hydrogen (secondary N) is 1. The fourth-order valence-corrected chi connectivity index (χ4v) is 3.73. The first-order chi connectivity index (χ1) is 13.5. The Hall–Kier alpha value is -2.08. The molecule has 150 valence electrons. The Bertz CT molecular complexity index is 818. The summed E-state index contributed by atoms with van der Waals surface area (Å²) in [6.07, 6.45) is 1.29. The van der Waals surface area contributed by atoms with Gasteiger partial charge in [-0.1, -0.05) is 41.4 Å². The van der Waals surface area contributed by atoms with Crippen molar-refractivity contribution in [1.82, 2.24) is 0 Å². The molecule has 3 rings (SSSR count). The number of ether oxygens (including phenoxy) is 3. The molecule has 0 saturated carbocycles. The summed E-state index contributed by atoms with van der Waals surface area (Å²) >= 11 is 6.31.